The molecule has 0 aliphatic rings. The maximum Gasteiger partial charge on any atom is 0.0821 e. The van der Waals surface area contributed by atoms with Crippen molar-refractivity contribution in [1.29, 1.82) is 0 Å². The molecule has 3 aromatic rings. The Kier molecular flexibility index (Phi) is 3.16. The third-order valence-electron chi connectivity index (χ3n) is 3.52. The summed E-state index contributed by atoms with van der Waals surface area (Å²) in [4.78, 5) is 0. The number of hydrogen-bond acceptors (Lipinski definition) is 4. The molecule has 0 aliphatic carbocycles. The highest BCUT2D eigenvalue weighted by molar-refractivity contribution is 5.66. The van der Waals surface area contributed by atoms with Crippen LogP contribution in [0.3, 0.4) is 0 Å². The summed E-state index contributed by atoms with van der Waals surface area (Å²) in [6.07, 6.45) is 0. The fourth-order valence-electron chi connectivity index (χ4n) is 2.66. The van der Waals surface area contributed by atoms with Gasteiger partial charge in [0.15, 0.2) is 0 Å². The molecule has 0 amide bonds. The van der Waals surface area contributed by atoms with Gasteiger partial charge in [-0.15, -0.1) is 0 Å². The Morgan fingerprint density at radius 2 is 1.09 bits per heavy atom. The molecule has 22 heavy (non-hydrogen) atoms. The van der Waals surface area contributed by atoms with Gasteiger partial charge in [0.2, 0.25) is 0 Å². The summed E-state index contributed by atoms with van der Waals surface area (Å²) in [5, 5.41) is 33.5. The third-order valence-corrected chi connectivity index (χ3v) is 3.52. The van der Waals surface area contributed by atoms with E-state index in [4.69, 9.17) is 0 Å². The number of hydrogen-bond donors (Lipinski definition) is 0. The number of aryl methyl sites for hydroxylation is 4. The van der Waals surface area contributed by atoms with Gasteiger partial charge in [-0.3, -0.25) is 0 Å². The van der Waals surface area contributed by atoms with Gasteiger partial charge in [0.1, 0.15) is 0 Å². The molecule has 0 saturated heterocycles. The summed E-state index contributed by atoms with van der Waals surface area (Å²) in [7, 11) is 0. The van der Waals surface area contributed by atoms with Crippen LogP contribution in [0, 0.1) is 27.7 Å². The summed E-state index contributed by atoms with van der Waals surface area (Å²) in [5.41, 5.74) is 3.64. The van der Waals surface area contributed by atoms with Crippen LogP contribution in [-0.2, 0) is 0 Å². The Labute approximate surface area is 128 Å². The van der Waals surface area contributed by atoms with Crippen LogP contribution >= 0.6 is 0 Å². The van der Waals surface area contributed by atoms with Gasteiger partial charge in [-0.1, -0.05) is 23.6 Å². The van der Waals surface area contributed by atoms with Gasteiger partial charge in [0, 0.05) is 11.4 Å². The minimum absolute atomic E-state index is 0.240. The minimum atomic E-state index is -0.256. The highest BCUT2D eigenvalue weighted by Gasteiger charge is 2.15. The van der Waals surface area contributed by atoms with E-state index in [1.807, 2.05) is 39.8 Å². The Morgan fingerprint density at radius 1 is 0.727 bits per heavy atom. The maximum atomic E-state index is 12.4. The van der Waals surface area contributed by atoms with E-state index in [-0.39, 0.29) is 22.9 Å². The summed E-state index contributed by atoms with van der Waals surface area (Å²) in [6, 6.07) is 6.29. The van der Waals surface area contributed by atoms with Crippen molar-refractivity contribution in [1.82, 2.24) is 19.6 Å². The molecule has 0 fully saturated rings. The lowest BCUT2D eigenvalue weighted by Crippen LogP contribution is -2.14. The van der Waals surface area contributed by atoms with Crippen molar-refractivity contribution in [2.24, 2.45) is 0 Å². The molecule has 0 spiro atoms. The molecule has 6 heteroatoms. The zero-order valence-electron chi connectivity index (χ0n) is 12.9. The number of aromatic nitrogens is 4. The summed E-state index contributed by atoms with van der Waals surface area (Å²) < 4.78 is 3.04. The average Bonchev–Trinajstić information content (AvgIpc) is 2.93. The topological polar surface area (TPSA) is 81.8 Å². The molecule has 2 heterocycles. The smallest absolute Gasteiger partial charge is 0.0821 e. The van der Waals surface area contributed by atoms with E-state index in [1.165, 1.54) is 21.5 Å². The summed E-state index contributed by atoms with van der Waals surface area (Å²) in [6.45, 7) is 7.39. The van der Waals surface area contributed by atoms with Crippen LogP contribution in [0.15, 0.2) is 24.3 Å². The van der Waals surface area contributed by atoms with Crippen LogP contribution in [0.1, 0.15) is 22.8 Å². The molecule has 114 valence electrons. The van der Waals surface area contributed by atoms with Crippen molar-refractivity contribution in [3.05, 3.63) is 47.0 Å². The molecule has 0 aliphatic heterocycles. The van der Waals surface area contributed by atoms with Crippen LogP contribution in [0.2, 0.25) is 0 Å². The maximum absolute atomic E-state index is 12.4. The van der Waals surface area contributed by atoms with Crippen molar-refractivity contribution >= 4 is 0 Å². The van der Waals surface area contributed by atoms with E-state index in [9.17, 15) is 10.2 Å². The normalized spacial score (nSPS) is 11.1. The standard InChI is InChI=1S/C16H18N4O2/c1-9-7-11(3)19(17-9)15-13(21)5-6-14(22)16(15)20-12(4)8-10(2)18-20/h5-8,21-22H,1-4H3/p-2. The lowest BCUT2D eigenvalue weighted by Gasteiger charge is -2.25. The second-order valence-corrected chi connectivity index (χ2v) is 5.44. The quantitative estimate of drug-likeness (QED) is 0.716. The molecular formula is C16H16N4O2-2. The predicted molar refractivity (Wildman–Crippen MR) is 78.5 cm³/mol. The van der Waals surface area contributed by atoms with Gasteiger partial charge in [0.05, 0.1) is 22.8 Å². The lowest BCUT2D eigenvalue weighted by molar-refractivity contribution is -0.274. The monoisotopic (exact) mass is 296 g/mol. The Balaban J connectivity index is 2.38. The largest absolute Gasteiger partial charge is 0.871 e. The molecule has 0 radical (unpaired) electrons. The fraction of sp³-hybridized carbons (Fsp3) is 0.250. The molecule has 0 N–H and O–H groups in total. The average molecular weight is 296 g/mol. The Morgan fingerprint density at radius 3 is 1.36 bits per heavy atom. The van der Waals surface area contributed by atoms with Gasteiger partial charge in [0.25, 0.3) is 0 Å². The first-order chi connectivity index (χ1) is 10.4. The second-order valence-electron chi connectivity index (χ2n) is 5.44. The molecule has 6 nitrogen and oxygen atoms in total. The van der Waals surface area contributed by atoms with Crippen LogP contribution in [0.4, 0.5) is 0 Å². The van der Waals surface area contributed by atoms with E-state index >= 15 is 0 Å². The minimum Gasteiger partial charge on any atom is -0.871 e. The summed E-state index contributed by atoms with van der Waals surface area (Å²) >= 11 is 0. The van der Waals surface area contributed by atoms with Crippen molar-refractivity contribution in [2.75, 3.05) is 0 Å². The Hall–Kier alpha value is -2.76. The van der Waals surface area contributed by atoms with Crippen LogP contribution in [0.25, 0.3) is 11.4 Å². The molecule has 3 rings (SSSR count). The van der Waals surface area contributed by atoms with Gasteiger partial charge >= 0.3 is 0 Å². The van der Waals surface area contributed by atoms with E-state index in [2.05, 4.69) is 10.2 Å². The first kappa shape index (κ1) is 14.2. The predicted octanol–water partition coefficient (Wildman–Crippen LogP) is 1.44. The van der Waals surface area contributed by atoms with Crippen LogP contribution in [0.5, 0.6) is 11.5 Å². The zero-order valence-corrected chi connectivity index (χ0v) is 12.9. The molecule has 0 saturated carbocycles. The van der Waals surface area contributed by atoms with Gasteiger partial charge in [-0.2, -0.15) is 10.2 Å². The lowest BCUT2D eigenvalue weighted by atomic mass is 10.2. The Bertz CT molecular complexity index is 790. The molecule has 1 aromatic carbocycles. The number of benzene rings is 1. The molecule has 0 unspecified atom stereocenters. The highest BCUT2D eigenvalue weighted by atomic mass is 16.3. The molecule has 0 atom stereocenters. The second kappa shape index (κ2) is 4.91. The van der Waals surface area contributed by atoms with E-state index in [1.54, 1.807) is 0 Å². The van der Waals surface area contributed by atoms with Gasteiger partial charge in [-0.05, 0) is 39.8 Å². The van der Waals surface area contributed by atoms with Crippen molar-refractivity contribution in [3.8, 4) is 22.9 Å². The number of rotatable bonds is 2. The van der Waals surface area contributed by atoms with Gasteiger partial charge < -0.3 is 10.2 Å². The van der Waals surface area contributed by atoms with E-state index < -0.39 is 0 Å². The first-order valence-corrected chi connectivity index (χ1v) is 6.97. The first-order valence-electron chi connectivity index (χ1n) is 6.97. The molecule has 2 aromatic heterocycles. The third kappa shape index (κ3) is 2.13. The molecule has 0 bridgehead atoms. The van der Waals surface area contributed by atoms with Crippen molar-refractivity contribution < 1.29 is 10.2 Å². The summed E-state index contributed by atoms with van der Waals surface area (Å²) in [5.74, 6) is -0.512. The van der Waals surface area contributed by atoms with Crippen molar-refractivity contribution in [2.45, 2.75) is 27.7 Å². The van der Waals surface area contributed by atoms with Crippen LogP contribution < -0.4 is 10.2 Å². The van der Waals surface area contributed by atoms with E-state index in [0.717, 1.165) is 22.8 Å². The fourth-order valence-corrected chi connectivity index (χ4v) is 2.66. The van der Waals surface area contributed by atoms with Crippen molar-refractivity contribution in [3.63, 3.8) is 0 Å². The van der Waals surface area contributed by atoms with E-state index in [0.29, 0.717) is 0 Å². The zero-order chi connectivity index (χ0) is 16.0. The van der Waals surface area contributed by atoms with Gasteiger partial charge in [-0.25, -0.2) is 9.36 Å². The SMILES string of the molecule is Cc1cc(C)n(-c2c([O-])ccc([O-])c2-n2nc(C)cc2C)n1. The van der Waals surface area contributed by atoms with Crippen LogP contribution in [-0.4, -0.2) is 19.6 Å². The molecular weight excluding hydrogens is 280 g/mol. The highest BCUT2D eigenvalue weighted by Crippen LogP contribution is 2.33. The number of nitrogens with zero attached hydrogens (tertiary/aromatic N) is 4.